The molecule has 204 valence electrons. The predicted molar refractivity (Wildman–Crippen MR) is 155 cm³/mol. The summed E-state index contributed by atoms with van der Waals surface area (Å²) in [7, 11) is -2.28. The number of hydrogen-bond acceptors (Lipinski definition) is 8. The zero-order valence-electron chi connectivity index (χ0n) is 22.4. The number of ether oxygens (including phenoxy) is 1. The molecule has 0 bridgehead atoms. The molecule has 2 aromatic carbocycles. The van der Waals surface area contributed by atoms with Gasteiger partial charge in [-0.15, -0.1) is 0 Å². The van der Waals surface area contributed by atoms with Crippen molar-refractivity contribution < 1.29 is 13.2 Å². The van der Waals surface area contributed by atoms with Crippen LogP contribution in [-0.4, -0.2) is 42.6 Å². The van der Waals surface area contributed by atoms with Crippen molar-refractivity contribution in [2.75, 3.05) is 17.1 Å². The van der Waals surface area contributed by atoms with Crippen LogP contribution in [0.4, 0.5) is 11.8 Å². The molecular formula is C29H34N6O3S. The van der Waals surface area contributed by atoms with E-state index in [4.69, 9.17) is 15.5 Å². The molecular weight excluding hydrogens is 512 g/mol. The standard InChI is InChI=1S/C29H34N6O3S/c1-4-19-15-20(16-21-17-31-29(34-27(19)21)32-23-11-9-22(30)10-12-23)24-13-14-26(33-28(24)38-3)35-39(36,37)25-8-6-5-7-18(25)2/h5-8,13-17,22-23H,4,9-12,30H2,1-3H3,(H,33,35)(H,31,32,34). The molecule has 39 heavy (non-hydrogen) atoms. The average Bonchev–Trinajstić information content (AvgIpc) is 2.93. The highest BCUT2D eigenvalue weighted by Gasteiger charge is 2.21. The van der Waals surface area contributed by atoms with Crippen LogP contribution in [0, 0.1) is 6.92 Å². The third-order valence-corrected chi connectivity index (χ3v) is 8.75. The van der Waals surface area contributed by atoms with Crippen molar-refractivity contribution in [1.29, 1.82) is 0 Å². The van der Waals surface area contributed by atoms with Gasteiger partial charge in [0, 0.05) is 29.2 Å². The van der Waals surface area contributed by atoms with Crippen molar-refractivity contribution >= 4 is 32.7 Å². The minimum Gasteiger partial charge on any atom is -0.480 e. The number of aromatic nitrogens is 3. The minimum atomic E-state index is -3.80. The van der Waals surface area contributed by atoms with Gasteiger partial charge in [-0.05, 0) is 86.1 Å². The molecule has 0 atom stereocenters. The molecule has 4 N–H and O–H groups in total. The third-order valence-electron chi connectivity index (χ3n) is 7.23. The lowest BCUT2D eigenvalue weighted by molar-refractivity contribution is 0.400. The van der Waals surface area contributed by atoms with Gasteiger partial charge in [0.2, 0.25) is 11.8 Å². The molecule has 9 nitrogen and oxygen atoms in total. The first-order chi connectivity index (χ1) is 18.8. The molecule has 1 aliphatic carbocycles. The van der Waals surface area contributed by atoms with E-state index in [1.54, 1.807) is 37.3 Å². The van der Waals surface area contributed by atoms with Crippen molar-refractivity contribution in [1.82, 2.24) is 15.0 Å². The number of sulfonamides is 1. The van der Waals surface area contributed by atoms with Crippen molar-refractivity contribution in [2.45, 2.75) is 62.9 Å². The van der Waals surface area contributed by atoms with E-state index in [1.807, 2.05) is 18.3 Å². The molecule has 0 saturated heterocycles. The van der Waals surface area contributed by atoms with Crippen molar-refractivity contribution in [3.05, 3.63) is 65.9 Å². The van der Waals surface area contributed by atoms with Gasteiger partial charge < -0.3 is 15.8 Å². The van der Waals surface area contributed by atoms with Gasteiger partial charge in [0.05, 0.1) is 17.5 Å². The summed E-state index contributed by atoms with van der Waals surface area (Å²) in [6.45, 7) is 3.85. The van der Waals surface area contributed by atoms with Crippen LogP contribution in [0.2, 0.25) is 0 Å². The highest BCUT2D eigenvalue weighted by molar-refractivity contribution is 7.92. The Kier molecular flexibility index (Phi) is 7.67. The van der Waals surface area contributed by atoms with Crippen LogP contribution in [0.15, 0.2) is 59.6 Å². The van der Waals surface area contributed by atoms with Crippen LogP contribution in [-0.2, 0) is 16.4 Å². The van der Waals surface area contributed by atoms with Crippen LogP contribution in [0.5, 0.6) is 5.88 Å². The Morgan fingerprint density at radius 3 is 2.54 bits per heavy atom. The van der Waals surface area contributed by atoms with E-state index in [9.17, 15) is 8.42 Å². The van der Waals surface area contributed by atoms with Gasteiger partial charge in [0.25, 0.3) is 10.0 Å². The maximum Gasteiger partial charge on any atom is 0.263 e. The zero-order chi connectivity index (χ0) is 27.6. The molecule has 4 aromatic rings. The number of nitrogens with two attached hydrogens (primary N) is 1. The van der Waals surface area contributed by atoms with Gasteiger partial charge in [-0.3, -0.25) is 4.72 Å². The van der Waals surface area contributed by atoms with Gasteiger partial charge in [-0.2, -0.15) is 4.98 Å². The van der Waals surface area contributed by atoms with E-state index in [1.165, 1.54) is 7.11 Å². The van der Waals surface area contributed by atoms with Crippen molar-refractivity contribution in [3.8, 4) is 17.0 Å². The minimum absolute atomic E-state index is 0.179. The van der Waals surface area contributed by atoms with E-state index < -0.39 is 10.0 Å². The van der Waals surface area contributed by atoms with E-state index >= 15 is 0 Å². The second kappa shape index (κ2) is 11.2. The molecule has 0 radical (unpaired) electrons. The first-order valence-corrected chi connectivity index (χ1v) is 14.7. The van der Waals surface area contributed by atoms with Crippen molar-refractivity contribution in [3.63, 3.8) is 0 Å². The number of nitrogens with one attached hydrogen (secondary N) is 2. The van der Waals surface area contributed by atoms with Crippen LogP contribution in [0.25, 0.3) is 22.0 Å². The molecule has 0 unspecified atom stereocenters. The summed E-state index contributed by atoms with van der Waals surface area (Å²) in [5.74, 6) is 1.13. The zero-order valence-corrected chi connectivity index (χ0v) is 23.3. The number of benzene rings is 2. The normalized spacial score (nSPS) is 17.6. The molecule has 1 aliphatic rings. The number of fused-ring (bicyclic) bond motifs is 1. The quantitative estimate of drug-likeness (QED) is 0.280. The number of pyridine rings is 1. The maximum atomic E-state index is 13.0. The summed E-state index contributed by atoms with van der Waals surface area (Å²) in [6, 6.07) is 15.0. The molecule has 1 saturated carbocycles. The fourth-order valence-electron chi connectivity index (χ4n) is 5.08. The number of aryl methyl sites for hydroxylation is 2. The van der Waals surface area contributed by atoms with Crippen molar-refractivity contribution in [2.24, 2.45) is 5.73 Å². The third kappa shape index (κ3) is 5.81. The van der Waals surface area contributed by atoms with Gasteiger partial charge in [-0.1, -0.05) is 25.1 Å². The van der Waals surface area contributed by atoms with E-state index in [0.717, 1.165) is 59.7 Å². The lowest BCUT2D eigenvalue weighted by atomic mass is 9.92. The highest BCUT2D eigenvalue weighted by atomic mass is 32.2. The van der Waals surface area contributed by atoms with E-state index in [-0.39, 0.29) is 10.7 Å². The Morgan fingerprint density at radius 1 is 1.05 bits per heavy atom. The Morgan fingerprint density at radius 2 is 1.82 bits per heavy atom. The van der Waals surface area contributed by atoms with Gasteiger partial charge in [-0.25, -0.2) is 18.4 Å². The monoisotopic (exact) mass is 546 g/mol. The number of hydrogen-bond donors (Lipinski definition) is 3. The lowest BCUT2D eigenvalue weighted by Crippen LogP contribution is -2.33. The fraction of sp³-hybridized carbons (Fsp3) is 0.345. The fourth-order valence-corrected chi connectivity index (χ4v) is 6.33. The topological polar surface area (TPSA) is 132 Å². The summed E-state index contributed by atoms with van der Waals surface area (Å²) in [5.41, 5.74) is 10.3. The smallest absolute Gasteiger partial charge is 0.263 e. The maximum absolute atomic E-state index is 13.0. The molecule has 1 fully saturated rings. The van der Waals surface area contributed by atoms with Crippen LogP contribution >= 0.6 is 0 Å². The lowest BCUT2D eigenvalue weighted by Gasteiger charge is -2.26. The summed E-state index contributed by atoms with van der Waals surface area (Å²) in [5, 5.41) is 4.39. The number of methoxy groups -OCH3 is 1. The highest BCUT2D eigenvalue weighted by Crippen LogP contribution is 2.34. The summed E-state index contributed by atoms with van der Waals surface area (Å²) in [6.07, 6.45) is 6.68. The molecule has 5 rings (SSSR count). The molecule has 10 heteroatoms. The SMILES string of the molecule is CCc1cc(-c2ccc(NS(=O)(=O)c3ccccc3C)nc2OC)cc2cnc(NC3CCC(N)CC3)nc12. The summed E-state index contributed by atoms with van der Waals surface area (Å²) in [4.78, 5) is 14.1. The Hall–Kier alpha value is -3.76. The second-order valence-electron chi connectivity index (χ2n) is 10.0. The predicted octanol–water partition coefficient (Wildman–Crippen LogP) is 5.05. The number of nitrogens with zero attached hydrogens (tertiary/aromatic N) is 3. The molecule has 0 amide bonds. The summed E-state index contributed by atoms with van der Waals surface area (Å²) < 4.78 is 34.1. The Labute approximate surface area is 229 Å². The number of anilines is 2. The van der Waals surface area contributed by atoms with Crippen LogP contribution in [0.3, 0.4) is 0 Å². The summed E-state index contributed by atoms with van der Waals surface area (Å²) >= 11 is 0. The average molecular weight is 547 g/mol. The van der Waals surface area contributed by atoms with E-state index in [2.05, 4.69) is 33.0 Å². The molecule has 2 heterocycles. The first kappa shape index (κ1) is 26.8. The Bertz CT molecular complexity index is 1600. The second-order valence-corrected chi connectivity index (χ2v) is 11.7. The van der Waals surface area contributed by atoms with Crippen LogP contribution < -0.4 is 20.5 Å². The molecule has 0 spiro atoms. The largest absolute Gasteiger partial charge is 0.480 e. The van der Waals surface area contributed by atoms with Crippen LogP contribution in [0.1, 0.15) is 43.7 Å². The molecule has 2 aromatic heterocycles. The molecule has 0 aliphatic heterocycles. The Balaban J connectivity index is 1.44. The van der Waals surface area contributed by atoms with Gasteiger partial charge >= 0.3 is 0 Å². The van der Waals surface area contributed by atoms with Gasteiger partial charge in [0.1, 0.15) is 5.82 Å². The van der Waals surface area contributed by atoms with E-state index in [0.29, 0.717) is 29.5 Å². The van der Waals surface area contributed by atoms with Gasteiger partial charge in [0.15, 0.2) is 0 Å². The number of rotatable bonds is 8. The first-order valence-electron chi connectivity index (χ1n) is 13.2.